The van der Waals surface area contributed by atoms with Gasteiger partial charge in [0.15, 0.2) is 0 Å². The van der Waals surface area contributed by atoms with Crippen LogP contribution in [0.3, 0.4) is 0 Å². The Kier molecular flexibility index (Phi) is 3.93. The Labute approximate surface area is 87.7 Å². The van der Waals surface area contributed by atoms with Crippen LogP contribution >= 0.6 is 0 Å². The van der Waals surface area contributed by atoms with Gasteiger partial charge in [-0.3, -0.25) is 4.90 Å². The number of likely N-dealkylation sites (N-methyl/N-ethyl adjacent to an activating group) is 1. The summed E-state index contributed by atoms with van der Waals surface area (Å²) in [5.41, 5.74) is 0.106. The predicted molar refractivity (Wildman–Crippen MR) is 59.4 cm³/mol. The van der Waals surface area contributed by atoms with Gasteiger partial charge in [0.2, 0.25) is 0 Å². The number of rotatable bonds is 3. The minimum absolute atomic E-state index is 0.106. The number of hydrogen-bond donors (Lipinski definition) is 1. The first-order chi connectivity index (χ1) is 6.42. The van der Waals surface area contributed by atoms with Crippen molar-refractivity contribution in [2.45, 2.75) is 26.4 Å². The molecule has 3 nitrogen and oxygen atoms in total. The van der Waals surface area contributed by atoms with Crippen LogP contribution in [0, 0.1) is 5.41 Å². The highest BCUT2D eigenvalue weighted by Gasteiger charge is 2.33. The third kappa shape index (κ3) is 3.23. The van der Waals surface area contributed by atoms with E-state index < -0.39 is 0 Å². The van der Waals surface area contributed by atoms with Gasteiger partial charge in [0.1, 0.15) is 0 Å². The molecular weight excluding hydrogens is 176 g/mol. The van der Waals surface area contributed by atoms with Gasteiger partial charge in [-0.05, 0) is 32.5 Å². The summed E-state index contributed by atoms with van der Waals surface area (Å²) in [4.78, 5) is 4.54. The van der Waals surface area contributed by atoms with Crippen molar-refractivity contribution in [3.8, 4) is 0 Å². The van der Waals surface area contributed by atoms with Crippen LogP contribution in [-0.4, -0.2) is 61.3 Å². The Balaban J connectivity index is 2.32. The number of β-amino-alcohol motifs (C(OH)–C–C–N with tert-alkyl or cyclic N) is 1. The molecule has 1 N–H and O–H groups in total. The average molecular weight is 200 g/mol. The van der Waals surface area contributed by atoms with Gasteiger partial charge < -0.3 is 10.0 Å². The molecule has 0 spiro atoms. The number of aliphatic hydroxyl groups excluding tert-OH is 1. The Bertz CT molecular complexity index is 178. The van der Waals surface area contributed by atoms with Gasteiger partial charge in [0.05, 0.1) is 6.10 Å². The fraction of sp³-hybridized carbons (Fsp3) is 1.00. The smallest absolute Gasteiger partial charge is 0.0718 e. The molecule has 1 saturated heterocycles. The maximum atomic E-state index is 9.92. The largest absolute Gasteiger partial charge is 0.391 e. The summed E-state index contributed by atoms with van der Waals surface area (Å²) in [5, 5.41) is 9.92. The van der Waals surface area contributed by atoms with Crippen LogP contribution in [0.25, 0.3) is 0 Å². The van der Waals surface area contributed by atoms with Crippen LogP contribution in [0.5, 0.6) is 0 Å². The molecule has 0 radical (unpaired) electrons. The molecule has 1 heterocycles. The molecular formula is C11H24N2O. The zero-order chi connectivity index (χ0) is 10.8. The summed E-state index contributed by atoms with van der Waals surface area (Å²) >= 11 is 0. The van der Waals surface area contributed by atoms with Crippen molar-refractivity contribution in [3.05, 3.63) is 0 Å². The van der Waals surface area contributed by atoms with Gasteiger partial charge >= 0.3 is 0 Å². The summed E-state index contributed by atoms with van der Waals surface area (Å²) < 4.78 is 0. The summed E-state index contributed by atoms with van der Waals surface area (Å²) in [7, 11) is 4.18. The van der Waals surface area contributed by atoms with Gasteiger partial charge in [-0.25, -0.2) is 0 Å². The molecule has 0 aromatic rings. The standard InChI is InChI=1S/C11H24N2O/c1-11(2)5-6-13(9-10(11)14)8-7-12(3)4/h10,14H,5-9H2,1-4H3. The summed E-state index contributed by atoms with van der Waals surface area (Å²) in [6.07, 6.45) is 0.931. The lowest BCUT2D eigenvalue weighted by Crippen LogP contribution is -2.49. The van der Waals surface area contributed by atoms with Gasteiger partial charge in [0.25, 0.3) is 0 Å². The van der Waals surface area contributed by atoms with Gasteiger partial charge in [-0.2, -0.15) is 0 Å². The molecule has 0 bridgehead atoms. The van der Waals surface area contributed by atoms with Gasteiger partial charge in [-0.1, -0.05) is 13.8 Å². The van der Waals surface area contributed by atoms with Crippen molar-refractivity contribution in [3.63, 3.8) is 0 Å². The number of likely N-dealkylation sites (tertiary alicyclic amines) is 1. The SMILES string of the molecule is CN(C)CCN1CCC(C)(C)C(O)C1. The molecule has 1 aliphatic rings. The Morgan fingerprint density at radius 2 is 2.07 bits per heavy atom. The molecule has 1 atom stereocenters. The maximum absolute atomic E-state index is 9.92. The first kappa shape index (κ1) is 12.0. The zero-order valence-corrected chi connectivity index (χ0v) is 9.95. The highest BCUT2D eigenvalue weighted by Crippen LogP contribution is 2.29. The van der Waals surface area contributed by atoms with E-state index in [1.54, 1.807) is 0 Å². The highest BCUT2D eigenvalue weighted by atomic mass is 16.3. The third-order valence-electron chi connectivity index (χ3n) is 3.27. The van der Waals surface area contributed by atoms with E-state index >= 15 is 0 Å². The molecule has 1 aliphatic heterocycles. The number of aliphatic hydroxyl groups is 1. The van der Waals surface area contributed by atoms with Crippen LogP contribution in [0.2, 0.25) is 0 Å². The monoisotopic (exact) mass is 200 g/mol. The van der Waals surface area contributed by atoms with E-state index in [0.717, 1.165) is 32.6 Å². The Morgan fingerprint density at radius 3 is 2.57 bits per heavy atom. The molecule has 0 aliphatic carbocycles. The van der Waals surface area contributed by atoms with Crippen LogP contribution < -0.4 is 0 Å². The second-order valence-electron chi connectivity index (χ2n) is 5.36. The molecule has 0 aromatic heterocycles. The predicted octanol–water partition coefficient (Wildman–Crippen LogP) is 0.641. The van der Waals surface area contributed by atoms with Crippen molar-refractivity contribution in [1.29, 1.82) is 0 Å². The van der Waals surface area contributed by atoms with E-state index in [2.05, 4.69) is 37.7 Å². The Hall–Kier alpha value is -0.120. The molecule has 3 heteroatoms. The summed E-state index contributed by atoms with van der Waals surface area (Å²) in [5.74, 6) is 0. The molecule has 0 aromatic carbocycles. The molecule has 1 fully saturated rings. The Morgan fingerprint density at radius 1 is 1.43 bits per heavy atom. The maximum Gasteiger partial charge on any atom is 0.0718 e. The van der Waals surface area contributed by atoms with E-state index in [9.17, 15) is 5.11 Å². The van der Waals surface area contributed by atoms with E-state index in [-0.39, 0.29) is 11.5 Å². The fourth-order valence-electron chi connectivity index (χ4n) is 1.74. The zero-order valence-electron chi connectivity index (χ0n) is 9.95. The minimum Gasteiger partial charge on any atom is -0.391 e. The average Bonchev–Trinajstić information content (AvgIpc) is 2.07. The van der Waals surface area contributed by atoms with Gasteiger partial charge in [-0.15, -0.1) is 0 Å². The molecule has 1 rings (SSSR count). The number of piperidine rings is 1. The van der Waals surface area contributed by atoms with Gasteiger partial charge in [0, 0.05) is 19.6 Å². The first-order valence-corrected chi connectivity index (χ1v) is 5.47. The highest BCUT2D eigenvalue weighted by molar-refractivity contribution is 4.86. The lowest BCUT2D eigenvalue weighted by molar-refractivity contribution is -0.0263. The quantitative estimate of drug-likeness (QED) is 0.724. The van der Waals surface area contributed by atoms with Crippen molar-refractivity contribution >= 4 is 0 Å². The van der Waals surface area contributed by atoms with Crippen LogP contribution in [0.1, 0.15) is 20.3 Å². The molecule has 0 amide bonds. The lowest BCUT2D eigenvalue weighted by atomic mass is 9.80. The van der Waals surface area contributed by atoms with E-state index in [1.165, 1.54) is 0 Å². The lowest BCUT2D eigenvalue weighted by Gasteiger charge is -2.41. The summed E-state index contributed by atoms with van der Waals surface area (Å²) in [6, 6.07) is 0. The molecule has 14 heavy (non-hydrogen) atoms. The third-order valence-corrected chi connectivity index (χ3v) is 3.27. The molecule has 0 saturated carbocycles. The second kappa shape index (κ2) is 4.60. The number of nitrogens with zero attached hydrogens (tertiary/aromatic N) is 2. The van der Waals surface area contributed by atoms with E-state index in [4.69, 9.17) is 0 Å². The molecule has 84 valence electrons. The van der Waals surface area contributed by atoms with Crippen molar-refractivity contribution in [2.24, 2.45) is 5.41 Å². The van der Waals surface area contributed by atoms with Crippen LogP contribution in [0.15, 0.2) is 0 Å². The van der Waals surface area contributed by atoms with Crippen molar-refractivity contribution < 1.29 is 5.11 Å². The van der Waals surface area contributed by atoms with Crippen LogP contribution in [-0.2, 0) is 0 Å². The first-order valence-electron chi connectivity index (χ1n) is 5.47. The summed E-state index contributed by atoms with van der Waals surface area (Å²) in [6.45, 7) is 8.41. The van der Waals surface area contributed by atoms with E-state index in [1.807, 2.05) is 0 Å². The van der Waals surface area contributed by atoms with Crippen LogP contribution in [0.4, 0.5) is 0 Å². The van der Waals surface area contributed by atoms with Crippen molar-refractivity contribution in [2.75, 3.05) is 40.3 Å². The number of hydrogen-bond acceptors (Lipinski definition) is 3. The molecule has 1 unspecified atom stereocenters. The minimum atomic E-state index is -0.168. The topological polar surface area (TPSA) is 26.7 Å². The van der Waals surface area contributed by atoms with Crippen molar-refractivity contribution in [1.82, 2.24) is 9.80 Å². The fourth-order valence-corrected chi connectivity index (χ4v) is 1.74. The van der Waals surface area contributed by atoms with E-state index in [0.29, 0.717) is 0 Å². The second-order valence-corrected chi connectivity index (χ2v) is 5.36. The normalized spacial score (nSPS) is 28.3.